The predicted octanol–water partition coefficient (Wildman–Crippen LogP) is 4.21. The highest BCUT2D eigenvalue weighted by Gasteiger charge is 2.09. The minimum absolute atomic E-state index is 0.330. The first-order valence-corrected chi connectivity index (χ1v) is 7.56. The molecule has 0 amide bonds. The van der Waals surface area contributed by atoms with Crippen LogP contribution in [-0.4, -0.2) is 13.2 Å². The van der Waals surface area contributed by atoms with Gasteiger partial charge in [0.1, 0.15) is 30.3 Å². The van der Waals surface area contributed by atoms with Crippen LogP contribution in [0.1, 0.15) is 5.56 Å². The lowest BCUT2D eigenvalue weighted by atomic mass is 10.1. The van der Waals surface area contributed by atoms with Crippen LogP contribution in [0.4, 0.5) is 0 Å². The lowest BCUT2D eigenvalue weighted by molar-refractivity contribution is 0.217. The summed E-state index contributed by atoms with van der Waals surface area (Å²) in [6, 6.07) is 14.3. The van der Waals surface area contributed by atoms with Crippen LogP contribution in [0.25, 0.3) is 11.0 Å². The first-order valence-electron chi connectivity index (χ1n) is 7.18. The summed E-state index contributed by atoms with van der Waals surface area (Å²) in [6.45, 7) is 2.55. The Hall–Kier alpha value is -2.46. The second kappa shape index (κ2) is 6.75. The van der Waals surface area contributed by atoms with Gasteiger partial charge in [0, 0.05) is 17.5 Å². The fourth-order valence-corrected chi connectivity index (χ4v) is 2.48. The number of aryl methyl sites for hydroxylation is 1. The van der Waals surface area contributed by atoms with Crippen molar-refractivity contribution >= 4 is 22.6 Å². The smallest absolute Gasteiger partial charge is 0.336 e. The molecule has 0 radical (unpaired) electrons. The van der Waals surface area contributed by atoms with Gasteiger partial charge in [0.25, 0.3) is 0 Å². The van der Waals surface area contributed by atoms with Crippen molar-refractivity contribution in [3.05, 3.63) is 69.5 Å². The quantitative estimate of drug-likeness (QED) is 0.519. The summed E-state index contributed by atoms with van der Waals surface area (Å²) >= 11 is 6.23. The Morgan fingerprint density at radius 1 is 1.04 bits per heavy atom. The van der Waals surface area contributed by atoms with Crippen molar-refractivity contribution in [1.29, 1.82) is 0 Å². The molecule has 4 nitrogen and oxygen atoms in total. The summed E-state index contributed by atoms with van der Waals surface area (Å²) in [4.78, 5) is 11.5. The highest BCUT2D eigenvalue weighted by Crippen LogP contribution is 2.30. The molecule has 0 aliphatic heterocycles. The number of rotatable bonds is 5. The summed E-state index contributed by atoms with van der Waals surface area (Å²) in [6.07, 6.45) is 0. The van der Waals surface area contributed by atoms with E-state index in [1.54, 1.807) is 12.1 Å². The molecule has 0 aliphatic carbocycles. The average Bonchev–Trinajstić information content (AvgIpc) is 2.54. The van der Waals surface area contributed by atoms with E-state index < -0.39 is 5.63 Å². The van der Waals surface area contributed by atoms with Crippen molar-refractivity contribution in [2.24, 2.45) is 0 Å². The minimum atomic E-state index is -0.393. The monoisotopic (exact) mass is 330 g/mol. The molecule has 118 valence electrons. The van der Waals surface area contributed by atoms with Crippen molar-refractivity contribution < 1.29 is 13.9 Å². The molecule has 0 N–H and O–H groups in total. The van der Waals surface area contributed by atoms with Crippen LogP contribution >= 0.6 is 11.6 Å². The summed E-state index contributed by atoms with van der Waals surface area (Å²) < 4.78 is 16.4. The summed E-state index contributed by atoms with van der Waals surface area (Å²) in [5.74, 6) is 1.24. The van der Waals surface area contributed by atoms with Gasteiger partial charge < -0.3 is 13.9 Å². The van der Waals surface area contributed by atoms with E-state index in [-0.39, 0.29) is 0 Å². The van der Waals surface area contributed by atoms with Gasteiger partial charge in [-0.3, -0.25) is 0 Å². The Kier molecular flexibility index (Phi) is 4.53. The first kappa shape index (κ1) is 15.4. The molecule has 1 aromatic heterocycles. The van der Waals surface area contributed by atoms with E-state index in [0.29, 0.717) is 29.6 Å². The van der Waals surface area contributed by atoms with Crippen molar-refractivity contribution in [2.45, 2.75) is 6.92 Å². The van der Waals surface area contributed by atoms with Crippen LogP contribution in [0.3, 0.4) is 0 Å². The molecule has 5 heteroatoms. The lowest BCUT2D eigenvalue weighted by Crippen LogP contribution is -2.09. The van der Waals surface area contributed by atoms with Gasteiger partial charge >= 0.3 is 5.63 Å². The predicted molar refractivity (Wildman–Crippen MR) is 89.7 cm³/mol. The van der Waals surface area contributed by atoms with Gasteiger partial charge in [-0.25, -0.2) is 4.79 Å². The van der Waals surface area contributed by atoms with Crippen molar-refractivity contribution in [1.82, 2.24) is 0 Å². The molecule has 0 aliphatic rings. The van der Waals surface area contributed by atoms with Crippen LogP contribution in [0, 0.1) is 6.92 Å². The lowest BCUT2D eigenvalue weighted by Gasteiger charge is -2.10. The van der Waals surface area contributed by atoms with E-state index in [4.69, 9.17) is 25.5 Å². The number of hydrogen-bond acceptors (Lipinski definition) is 4. The third-order valence-electron chi connectivity index (χ3n) is 3.36. The molecule has 3 rings (SSSR count). The maximum absolute atomic E-state index is 11.5. The van der Waals surface area contributed by atoms with Crippen LogP contribution < -0.4 is 15.1 Å². The number of halogens is 1. The molecule has 23 heavy (non-hydrogen) atoms. The van der Waals surface area contributed by atoms with E-state index in [1.807, 2.05) is 37.3 Å². The Morgan fingerprint density at radius 2 is 1.78 bits per heavy atom. The van der Waals surface area contributed by atoms with E-state index in [9.17, 15) is 4.79 Å². The fraction of sp³-hybridized carbons (Fsp3) is 0.167. The summed E-state index contributed by atoms with van der Waals surface area (Å²) in [5, 5.41) is 1.26. The number of benzene rings is 2. The maximum Gasteiger partial charge on any atom is 0.336 e. The molecule has 0 spiro atoms. The number of ether oxygens (including phenoxy) is 2. The molecule has 0 unspecified atom stereocenters. The van der Waals surface area contributed by atoms with Gasteiger partial charge in [0.15, 0.2) is 0 Å². The van der Waals surface area contributed by atoms with Gasteiger partial charge in [-0.2, -0.15) is 0 Å². The normalized spacial score (nSPS) is 10.7. The number of fused-ring (bicyclic) bond motifs is 1. The fourth-order valence-electron chi connectivity index (χ4n) is 2.26. The maximum atomic E-state index is 11.5. The van der Waals surface area contributed by atoms with E-state index in [0.717, 1.165) is 16.7 Å². The molecule has 3 aromatic rings. The topological polar surface area (TPSA) is 48.7 Å². The summed E-state index contributed by atoms with van der Waals surface area (Å²) in [5.41, 5.74) is 0.881. The minimum Gasteiger partial charge on any atom is -0.490 e. The molecule has 0 saturated carbocycles. The highest BCUT2D eigenvalue weighted by molar-refractivity contribution is 6.32. The molecular weight excluding hydrogens is 316 g/mol. The molecule has 0 atom stereocenters. The SMILES string of the molecule is Cc1cc(=O)oc2cc(OCCOc3ccccc3)c(Cl)cc12. The van der Waals surface area contributed by atoms with Crippen LogP contribution in [0.15, 0.2) is 57.7 Å². The Labute approximate surface area is 138 Å². The zero-order valence-corrected chi connectivity index (χ0v) is 13.3. The number of hydrogen-bond donors (Lipinski definition) is 0. The van der Waals surface area contributed by atoms with Crippen LogP contribution in [-0.2, 0) is 0 Å². The first-order chi connectivity index (χ1) is 11.1. The van der Waals surface area contributed by atoms with E-state index in [1.165, 1.54) is 6.07 Å². The average molecular weight is 331 g/mol. The molecule has 0 saturated heterocycles. The Morgan fingerprint density at radius 3 is 2.57 bits per heavy atom. The second-order valence-corrected chi connectivity index (χ2v) is 5.44. The zero-order valence-electron chi connectivity index (χ0n) is 12.5. The van der Waals surface area contributed by atoms with Crippen LogP contribution in [0.5, 0.6) is 11.5 Å². The van der Waals surface area contributed by atoms with Crippen molar-refractivity contribution in [2.75, 3.05) is 13.2 Å². The summed E-state index contributed by atoms with van der Waals surface area (Å²) in [7, 11) is 0. The van der Waals surface area contributed by atoms with E-state index in [2.05, 4.69) is 0 Å². The number of para-hydroxylation sites is 1. The molecule has 0 fully saturated rings. The largest absolute Gasteiger partial charge is 0.490 e. The van der Waals surface area contributed by atoms with Crippen molar-refractivity contribution in [3.8, 4) is 11.5 Å². The Bertz CT molecular complexity index is 871. The standard InChI is InChI=1S/C18H15ClO4/c1-12-9-18(20)23-16-11-17(15(19)10-14(12)16)22-8-7-21-13-5-3-2-4-6-13/h2-6,9-11H,7-8H2,1H3. The Balaban J connectivity index is 1.70. The van der Waals surface area contributed by atoms with Gasteiger partial charge in [-0.1, -0.05) is 29.8 Å². The molecule has 2 aromatic carbocycles. The van der Waals surface area contributed by atoms with Gasteiger partial charge in [-0.05, 0) is 30.7 Å². The van der Waals surface area contributed by atoms with Gasteiger partial charge in [0.05, 0.1) is 5.02 Å². The second-order valence-electron chi connectivity index (χ2n) is 5.04. The molecular formula is C18H15ClO4. The van der Waals surface area contributed by atoms with E-state index >= 15 is 0 Å². The van der Waals surface area contributed by atoms with Crippen molar-refractivity contribution in [3.63, 3.8) is 0 Å². The molecule has 0 bridgehead atoms. The zero-order chi connectivity index (χ0) is 16.2. The third-order valence-corrected chi connectivity index (χ3v) is 3.65. The van der Waals surface area contributed by atoms with Gasteiger partial charge in [0.2, 0.25) is 0 Å². The third kappa shape index (κ3) is 3.66. The van der Waals surface area contributed by atoms with Gasteiger partial charge in [-0.15, -0.1) is 0 Å². The van der Waals surface area contributed by atoms with Crippen LogP contribution in [0.2, 0.25) is 5.02 Å². The highest BCUT2D eigenvalue weighted by atomic mass is 35.5. The molecule has 1 heterocycles.